The molecule has 4 amide bonds. The average Bonchev–Trinajstić information content (AvgIpc) is 3.10. The predicted octanol–water partition coefficient (Wildman–Crippen LogP) is 0.337. The topological polar surface area (TPSA) is 306 Å². The molecule has 3 atom stereocenters. The van der Waals surface area contributed by atoms with Gasteiger partial charge in [-0.25, -0.2) is 19.6 Å². The van der Waals surface area contributed by atoms with Crippen molar-refractivity contribution in [3.8, 4) is 0 Å². The third-order valence-corrected chi connectivity index (χ3v) is 7.79. The highest BCUT2D eigenvalue weighted by Crippen LogP contribution is 2.26. The van der Waals surface area contributed by atoms with Crippen LogP contribution in [-0.4, -0.2) is 96.6 Å². The summed E-state index contributed by atoms with van der Waals surface area (Å²) in [5, 5.41) is 26.2. The summed E-state index contributed by atoms with van der Waals surface area (Å²) in [7, 11) is 0. The van der Waals surface area contributed by atoms with Crippen LogP contribution in [0, 0.1) is 0 Å². The van der Waals surface area contributed by atoms with E-state index in [9.17, 15) is 56.9 Å². The molecular weight excluding hydrogens is 725 g/mol. The molecule has 0 radical (unpaired) electrons. The Morgan fingerprint density at radius 1 is 0.889 bits per heavy atom. The maximum absolute atomic E-state index is 13.6. The second-order valence-electron chi connectivity index (χ2n) is 12.1. The fourth-order valence-corrected chi connectivity index (χ4v) is 4.99. The van der Waals surface area contributed by atoms with Crippen LogP contribution in [-0.2, 0) is 30.5 Å². The lowest BCUT2D eigenvalue weighted by Gasteiger charge is -2.24. The van der Waals surface area contributed by atoms with Crippen molar-refractivity contribution in [2.75, 3.05) is 17.2 Å². The van der Waals surface area contributed by atoms with Gasteiger partial charge in [-0.05, 0) is 69.8 Å². The summed E-state index contributed by atoms with van der Waals surface area (Å²) in [6.07, 6.45) is -3.65. The van der Waals surface area contributed by atoms with Crippen molar-refractivity contribution in [3.05, 3.63) is 52.1 Å². The molecule has 0 aliphatic carbocycles. The number of anilines is 2. The van der Waals surface area contributed by atoms with E-state index in [4.69, 9.17) is 11.5 Å². The molecule has 10 N–H and O–H groups in total. The molecule has 1 aromatic carbocycles. The van der Waals surface area contributed by atoms with Gasteiger partial charge in [0, 0.05) is 30.1 Å². The van der Waals surface area contributed by atoms with Crippen molar-refractivity contribution in [1.29, 1.82) is 0 Å². The summed E-state index contributed by atoms with van der Waals surface area (Å²) < 4.78 is 40.7. The number of carbonyl (C=O) groups is 6. The van der Waals surface area contributed by atoms with Crippen molar-refractivity contribution >= 4 is 58.4 Å². The van der Waals surface area contributed by atoms with Crippen LogP contribution in [0.2, 0.25) is 0 Å². The predicted molar refractivity (Wildman–Crippen MR) is 183 cm³/mol. The lowest BCUT2D eigenvalue weighted by molar-refractivity contribution is -0.170. The minimum absolute atomic E-state index is 0.0941. The first-order valence-electron chi connectivity index (χ1n) is 16.4. The number of hydrogen-bond acceptors (Lipinski definition) is 12. The van der Waals surface area contributed by atoms with Crippen molar-refractivity contribution in [3.63, 3.8) is 0 Å². The van der Waals surface area contributed by atoms with E-state index in [1.54, 1.807) is 6.92 Å². The van der Waals surface area contributed by atoms with Gasteiger partial charge in [-0.1, -0.05) is 0 Å². The summed E-state index contributed by atoms with van der Waals surface area (Å²) in [5.74, 6) is -7.29. The van der Waals surface area contributed by atoms with Crippen LogP contribution in [0.1, 0.15) is 67.9 Å². The number of rotatable bonds is 19. The summed E-state index contributed by atoms with van der Waals surface area (Å²) in [6.45, 7) is 1.18. The summed E-state index contributed by atoms with van der Waals surface area (Å²) in [6, 6.07) is 0.941. The number of carbonyl (C=O) groups excluding carboxylic acids is 4. The number of nitrogens with two attached hydrogens (primary N) is 2. The minimum atomic E-state index is -5.34. The van der Waals surface area contributed by atoms with Crippen LogP contribution in [0.15, 0.2) is 35.3 Å². The fourth-order valence-electron chi connectivity index (χ4n) is 4.99. The van der Waals surface area contributed by atoms with Crippen molar-refractivity contribution in [2.24, 2.45) is 5.73 Å². The number of amides is 4. The Morgan fingerprint density at radius 2 is 1.50 bits per heavy atom. The van der Waals surface area contributed by atoms with E-state index < -0.39 is 72.0 Å². The van der Waals surface area contributed by atoms with E-state index in [0.29, 0.717) is 24.3 Å². The molecule has 0 fully saturated rings. The molecule has 292 valence electrons. The number of hydrogen-bond donors (Lipinski definition) is 8. The van der Waals surface area contributed by atoms with E-state index in [2.05, 4.69) is 35.9 Å². The van der Waals surface area contributed by atoms with Gasteiger partial charge in [0.1, 0.15) is 12.1 Å². The molecule has 3 aromatic rings. The molecule has 0 saturated carbocycles. The average molecular weight is 765 g/mol. The summed E-state index contributed by atoms with van der Waals surface area (Å²) in [5.41, 5.74) is 8.80. The number of aromatic nitrogens is 4. The quantitative estimate of drug-likeness (QED) is 0.0764. The Bertz CT molecular complexity index is 1910. The third kappa shape index (κ3) is 12.5. The normalized spacial score (nSPS) is 13.0. The summed E-state index contributed by atoms with van der Waals surface area (Å²) in [4.78, 5) is 99.5. The van der Waals surface area contributed by atoms with Crippen LogP contribution < -0.4 is 37.9 Å². The molecule has 0 bridgehead atoms. The molecule has 22 heteroatoms. The Labute approximate surface area is 304 Å². The maximum atomic E-state index is 13.6. The van der Waals surface area contributed by atoms with Gasteiger partial charge in [-0.15, -0.1) is 0 Å². The number of carboxylic acids is 2. The Hall–Kier alpha value is -6.19. The van der Waals surface area contributed by atoms with E-state index in [-0.39, 0.29) is 66.2 Å². The van der Waals surface area contributed by atoms with E-state index in [1.807, 2.05) is 0 Å². The molecule has 0 spiro atoms. The van der Waals surface area contributed by atoms with Crippen LogP contribution in [0.25, 0.3) is 11.2 Å². The van der Waals surface area contributed by atoms with Gasteiger partial charge in [-0.3, -0.25) is 33.9 Å². The van der Waals surface area contributed by atoms with E-state index in [1.165, 1.54) is 0 Å². The number of nitrogen functional groups attached to an aromatic ring is 1. The van der Waals surface area contributed by atoms with Gasteiger partial charge in [0.15, 0.2) is 11.2 Å². The van der Waals surface area contributed by atoms with Crippen molar-refractivity contribution in [1.82, 2.24) is 35.9 Å². The molecule has 0 saturated heterocycles. The van der Waals surface area contributed by atoms with Crippen LogP contribution >= 0.6 is 0 Å². The van der Waals surface area contributed by atoms with E-state index >= 15 is 0 Å². The highest BCUT2D eigenvalue weighted by Gasteiger charge is 2.43. The number of carboxylic acid groups (broad SMARTS) is 2. The number of fused-ring (bicyclic) bond motifs is 1. The molecule has 0 aliphatic rings. The number of unbranched alkanes of at least 4 members (excludes halogenated alkanes) is 1. The second-order valence-corrected chi connectivity index (χ2v) is 12.1. The zero-order chi connectivity index (χ0) is 40.2. The fraction of sp³-hybridized carbons (Fsp3) is 0.438. The number of aromatic amines is 1. The number of nitrogens with zero attached hydrogens (tertiary/aromatic N) is 4. The number of aliphatic carboxylic acids is 2. The first-order chi connectivity index (χ1) is 25.4. The second kappa shape index (κ2) is 19.0. The highest BCUT2D eigenvalue weighted by atomic mass is 19.4. The zero-order valence-corrected chi connectivity index (χ0v) is 28.8. The molecular formula is C32H39F3N10O9. The SMILES string of the molecule is CC(CCC(=O)NC(CCCCN)C(=O)O)NC(=O)CCC(NC(=O)c1ccc(N(Cc2cnc3nc(N)[nH]c(=O)c3n2)C(=O)C(F)(F)F)cc1)C(=O)O. The molecule has 2 aromatic heterocycles. The van der Waals surface area contributed by atoms with Gasteiger partial charge in [0.2, 0.25) is 17.8 Å². The number of benzene rings is 1. The minimum Gasteiger partial charge on any atom is -0.480 e. The monoisotopic (exact) mass is 764 g/mol. The number of alkyl halides is 3. The van der Waals surface area contributed by atoms with Crippen molar-refractivity contribution < 1.29 is 52.2 Å². The zero-order valence-electron chi connectivity index (χ0n) is 28.8. The number of halogens is 3. The first-order valence-corrected chi connectivity index (χ1v) is 16.4. The van der Waals surface area contributed by atoms with Gasteiger partial charge < -0.3 is 37.6 Å². The standard InChI is InChI=1S/C32H39F3N10O9/c1-16(5-11-23(47)41-20(28(50)51)4-2-3-13-36)39-22(46)12-10-21(29(52)53)42-26(48)17-6-8-19(9-7-17)45(30(54)32(33,34)35)15-18-14-38-25-24(40-18)27(49)44-31(37)43-25/h6-9,14,16,20-21H,2-5,10-13,15,36H2,1H3,(H,39,46)(H,41,47)(H,42,48)(H,50,51)(H,52,53)(H3,37,38,43,44,49). The highest BCUT2D eigenvalue weighted by molar-refractivity contribution is 5.99. The first kappa shape index (κ1) is 42.2. The Kier molecular flexibility index (Phi) is 14.9. The van der Waals surface area contributed by atoms with Gasteiger partial charge >= 0.3 is 24.0 Å². The molecule has 2 heterocycles. The van der Waals surface area contributed by atoms with Gasteiger partial charge in [-0.2, -0.15) is 18.2 Å². The molecule has 3 rings (SSSR count). The van der Waals surface area contributed by atoms with E-state index in [0.717, 1.165) is 30.5 Å². The third-order valence-electron chi connectivity index (χ3n) is 7.79. The molecule has 54 heavy (non-hydrogen) atoms. The lowest BCUT2D eigenvalue weighted by atomic mass is 10.1. The maximum Gasteiger partial charge on any atom is 0.471 e. The summed E-state index contributed by atoms with van der Waals surface area (Å²) >= 11 is 0. The van der Waals surface area contributed by atoms with Gasteiger partial charge in [0.25, 0.3) is 11.5 Å². The van der Waals surface area contributed by atoms with Crippen LogP contribution in [0.5, 0.6) is 0 Å². The Morgan fingerprint density at radius 3 is 2.11 bits per heavy atom. The van der Waals surface area contributed by atoms with Crippen molar-refractivity contribution in [2.45, 2.75) is 82.7 Å². The molecule has 0 aliphatic heterocycles. The largest absolute Gasteiger partial charge is 0.480 e. The van der Waals surface area contributed by atoms with Gasteiger partial charge in [0.05, 0.1) is 18.4 Å². The number of H-pyrrole nitrogens is 1. The number of nitrogens with one attached hydrogen (secondary N) is 4. The van der Waals surface area contributed by atoms with Crippen LogP contribution in [0.4, 0.5) is 24.8 Å². The lowest BCUT2D eigenvalue weighted by Crippen LogP contribution is -2.43. The molecule has 19 nitrogen and oxygen atoms in total. The van der Waals surface area contributed by atoms with Crippen LogP contribution in [0.3, 0.4) is 0 Å². The smallest absolute Gasteiger partial charge is 0.471 e. The molecule has 3 unspecified atom stereocenters. The Balaban J connectivity index is 1.59.